The van der Waals surface area contributed by atoms with E-state index in [0.717, 1.165) is 27.1 Å². The molecule has 2 aromatic rings. The predicted molar refractivity (Wildman–Crippen MR) is 107 cm³/mol. The van der Waals surface area contributed by atoms with Gasteiger partial charge >= 0.3 is 6.09 Å². The molecule has 2 aliphatic rings. The molecule has 1 atom stereocenters. The number of hydrogen-bond acceptors (Lipinski definition) is 4. The van der Waals surface area contributed by atoms with E-state index in [1.807, 2.05) is 49.7 Å². The number of carbonyl (C=O) groups excluding carboxylic acids is 2. The first kappa shape index (κ1) is 19.0. The van der Waals surface area contributed by atoms with Crippen LogP contribution in [-0.4, -0.2) is 45.4 Å². The molecule has 1 aromatic heterocycles. The second-order valence-corrected chi connectivity index (χ2v) is 9.03. The zero-order valence-electron chi connectivity index (χ0n) is 16.2. The molecular weight excluding hydrogens is 424 g/mol. The lowest BCUT2D eigenvalue weighted by molar-refractivity contribution is -0.120. The van der Waals surface area contributed by atoms with Crippen LogP contribution < -0.4 is 5.32 Å². The first-order chi connectivity index (χ1) is 13.2. The summed E-state index contributed by atoms with van der Waals surface area (Å²) in [6.45, 7) is 6.44. The number of rotatable bonds is 1. The van der Waals surface area contributed by atoms with Crippen molar-refractivity contribution in [3.63, 3.8) is 0 Å². The Balaban J connectivity index is 1.76. The van der Waals surface area contributed by atoms with Gasteiger partial charge in [0.1, 0.15) is 5.60 Å². The lowest BCUT2D eigenvalue weighted by Gasteiger charge is -2.36. The quantitative estimate of drug-likeness (QED) is 0.729. The van der Waals surface area contributed by atoms with E-state index in [9.17, 15) is 9.59 Å². The maximum Gasteiger partial charge on any atom is 0.410 e. The monoisotopic (exact) mass is 446 g/mol. The first-order valence-corrected chi connectivity index (χ1v) is 10.1. The van der Waals surface area contributed by atoms with Crippen molar-refractivity contribution in [2.24, 2.45) is 0 Å². The molecule has 2 amide bonds. The highest BCUT2D eigenvalue weighted by Crippen LogP contribution is 2.36. The minimum atomic E-state index is -0.574. The molecule has 8 heteroatoms. The van der Waals surface area contributed by atoms with E-state index in [2.05, 4.69) is 21.2 Å². The molecule has 4 rings (SSSR count). The van der Waals surface area contributed by atoms with Crippen molar-refractivity contribution in [2.75, 3.05) is 13.1 Å². The second kappa shape index (κ2) is 6.92. The molecule has 0 bridgehead atoms. The number of halogens is 1. The summed E-state index contributed by atoms with van der Waals surface area (Å²) in [5.74, 6) is -0.0817. The molecule has 0 spiro atoms. The topological polar surface area (TPSA) is 76.5 Å². The lowest BCUT2D eigenvalue weighted by atomic mass is 9.96. The summed E-state index contributed by atoms with van der Waals surface area (Å²) in [6.07, 6.45) is 0.508. The van der Waals surface area contributed by atoms with Gasteiger partial charge in [0.2, 0.25) is 5.91 Å². The fourth-order valence-corrected chi connectivity index (χ4v) is 4.05. The van der Waals surface area contributed by atoms with E-state index in [4.69, 9.17) is 9.84 Å². The molecule has 1 N–H and O–H groups in total. The Hall–Kier alpha value is -2.35. The molecule has 7 nitrogen and oxygen atoms in total. The molecular formula is C20H23BrN4O3. The van der Waals surface area contributed by atoms with Gasteiger partial charge in [-0.15, -0.1) is 0 Å². The van der Waals surface area contributed by atoms with Crippen molar-refractivity contribution in [1.82, 2.24) is 20.0 Å². The van der Waals surface area contributed by atoms with Gasteiger partial charge in [-0.25, -0.2) is 9.48 Å². The highest BCUT2D eigenvalue weighted by atomic mass is 79.9. The van der Waals surface area contributed by atoms with Crippen LogP contribution in [-0.2, 0) is 22.4 Å². The number of ether oxygens (including phenoxy) is 1. The van der Waals surface area contributed by atoms with Crippen LogP contribution in [0.3, 0.4) is 0 Å². The van der Waals surface area contributed by atoms with Crippen LogP contribution in [0.2, 0.25) is 0 Å². The number of benzene rings is 1. The van der Waals surface area contributed by atoms with Gasteiger partial charge in [-0.3, -0.25) is 9.69 Å². The Morgan fingerprint density at radius 2 is 2.00 bits per heavy atom. The van der Waals surface area contributed by atoms with E-state index in [1.165, 1.54) is 0 Å². The summed E-state index contributed by atoms with van der Waals surface area (Å²) in [7, 11) is 0. The van der Waals surface area contributed by atoms with Crippen LogP contribution in [0.1, 0.15) is 43.8 Å². The number of amides is 2. The van der Waals surface area contributed by atoms with E-state index in [-0.39, 0.29) is 24.5 Å². The van der Waals surface area contributed by atoms with E-state index in [0.29, 0.717) is 19.5 Å². The number of hydrogen-bond donors (Lipinski definition) is 1. The molecule has 0 aliphatic carbocycles. The minimum absolute atomic E-state index is 0.0817. The molecule has 148 valence electrons. The summed E-state index contributed by atoms with van der Waals surface area (Å²) in [6, 6.07) is 7.64. The summed E-state index contributed by atoms with van der Waals surface area (Å²) in [4.78, 5) is 26.7. The van der Waals surface area contributed by atoms with Gasteiger partial charge in [0.05, 0.1) is 29.5 Å². The molecule has 0 saturated carbocycles. The third-order valence-corrected chi connectivity index (χ3v) is 5.45. The molecule has 1 aromatic carbocycles. The fraction of sp³-hybridized carbons (Fsp3) is 0.450. The minimum Gasteiger partial charge on any atom is -0.444 e. The van der Waals surface area contributed by atoms with E-state index < -0.39 is 5.60 Å². The van der Waals surface area contributed by atoms with Gasteiger partial charge in [0.25, 0.3) is 0 Å². The number of nitrogens with one attached hydrogen (secondary N) is 1. The third kappa shape index (κ3) is 3.53. The number of carbonyl (C=O) groups is 2. The number of nitrogens with zero attached hydrogens (tertiary/aromatic N) is 3. The zero-order valence-corrected chi connectivity index (χ0v) is 17.7. The van der Waals surface area contributed by atoms with Crippen LogP contribution in [0.15, 0.2) is 28.7 Å². The average Bonchev–Trinajstić information content (AvgIpc) is 2.88. The van der Waals surface area contributed by atoms with Crippen molar-refractivity contribution in [1.29, 1.82) is 0 Å². The second-order valence-electron chi connectivity index (χ2n) is 8.12. The van der Waals surface area contributed by atoms with Crippen molar-refractivity contribution in [3.05, 3.63) is 45.7 Å². The fourth-order valence-electron chi connectivity index (χ4n) is 3.78. The van der Waals surface area contributed by atoms with Gasteiger partial charge in [0.15, 0.2) is 0 Å². The zero-order chi connectivity index (χ0) is 20.1. The van der Waals surface area contributed by atoms with Crippen LogP contribution in [0, 0.1) is 0 Å². The molecule has 0 unspecified atom stereocenters. The molecule has 0 radical (unpaired) electrons. The molecule has 0 fully saturated rings. The normalized spacial score (nSPS) is 18.9. The van der Waals surface area contributed by atoms with Gasteiger partial charge in [-0.1, -0.05) is 15.9 Å². The Labute approximate surface area is 172 Å². The molecule has 0 saturated heterocycles. The summed E-state index contributed by atoms with van der Waals surface area (Å²) in [5, 5.41) is 7.66. The van der Waals surface area contributed by atoms with Crippen LogP contribution in [0.25, 0.3) is 5.69 Å². The molecule has 3 heterocycles. The Morgan fingerprint density at radius 1 is 1.29 bits per heavy atom. The first-order valence-electron chi connectivity index (χ1n) is 9.36. The summed E-state index contributed by atoms with van der Waals surface area (Å²) >= 11 is 3.46. The van der Waals surface area contributed by atoms with E-state index in [1.54, 1.807) is 4.90 Å². The van der Waals surface area contributed by atoms with Crippen LogP contribution in [0.5, 0.6) is 0 Å². The van der Waals surface area contributed by atoms with Crippen molar-refractivity contribution >= 4 is 27.9 Å². The van der Waals surface area contributed by atoms with Gasteiger partial charge in [-0.05, 0) is 45.0 Å². The van der Waals surface area contributed by atoms with Crippen molar-refractivity contribution < 1.29 is 14.3 Å². The SMILES string of the molecule is CC(C)(C)OC(=O)N1CCc2c3c(nn2-c2ccc(Br)cc2)CC(=O)NC[C@H]31. The smallest absolute Gasteiger partial charge is 0.410 e. The predicted octanol–water partition coefficient (Wildman–Crippen LogP) is 3.14. The Kier molecular flexibility index (Phi) is 4.69. The highest BCUT2D eigenvalue weighted by Gasteiger charge is 2.40. The largest absolute Gasteiger partial charge is 0.444 e. The third-order valence-electron chi connectivity index (χ3n) is 4.92. The Bertz CT molecular complexity index is 930. The standard InChI is InChI=1S/C20H23BrN4O3/c1-20(2,3)28-19(27)24-9-8-15-18-14(10-17(26)22-11-16(18)24)23-25(15)13-6-4-12(21)5-7-13/h4-7,16H,8-11H2,1-3H3,(H,22,26)/t16-/m1/s1. The summed E-state index contributed by atoms with van der Waals surface area (Å²) < 4.78 is 8.51. The number of aromatic nitrogens is 2. The molecule has 2 aliphatic heterocycles. The maximum absolute atomic E-state index is 12.8. The highest BCUT2D eigenvalue weighted by molar-refractivity contribution is 9.10. The van der Waals surface area contributed by atoms with Crippen LogP contribution in [0.4, 0.5) is 4.79 Å². The average molecular weight is 447 g/mol. The van der Waals surface area contributed by atoms with Gasteiger partial charge in [-0.2, -0.15) is 5.10 Å². The lowest BCUT2D eigenvalue weighted by Crippen LogP contribution is -2.46. The van der Waals surface area contributed by atoms with E-state index >= 15 is 0 Å². The summed E-state index contributed by atoms with van der Waals surface area (Å²) in [5.41, 5.74) is 3.12. The van der Waals surface area contributed by atoms with Crippen LogP contribution >= 0.6 is 15.9 Å². The van der Waals surface area contributed by atoms with Crippen molar-refractivity contribution in [3.8, 4) is 5.69 Å². The van der Waals surface area contributed by atoms with Crippen molar-refractivity contribution in [2.45, 2.75) is 45.3 Å². The Morgan fingerprint density at radius 3 is 2.68 bits per heavy atom. The maximum atomic E-state index is 12.8. The van der Waals surface area contributed by atoms with Gasteiger partial charge < -0.3 is 10.1 Å². The molecule has 28 heavy (non-hydrogen) atoms. The van der Waals surface area contributed by atoms with Gasteiger partial charge in [0, 0.05) is 29.5 Å².